The topological polar surface area (TPSA) is 61.8 Å². The van der Waals surface area contributed by atoms with Crippen molar-refractivity contribution in [2.45, 2.75) is 26.0 Å². The van der Waals surface area contributed by atoms with E-state index in [4.69, 9.17) is 4.74 Å². The molecule has 3 rings (SSSR count). The van der Waals surface area contributed by atoms with Gasteiger partial charge >= 0.3 is 0 Å². The average molecular weight is 289 g/mol. The number of aliphatic imine (C=N–C) groups is 1. The summed E-state index contributed by atoms with van der Waals surface area (Å²) in [5.41, 5.74) is 1.16. The zero-order valence-corrected chi connectivity index (χ0v) is 12.5. The van der Waals surface area contributed by atoms with E-state index >= 15 is 0 Å². The van der Waals surface area contributed by atoms with Gasteiger partial charge in [-0.3, -0.25) is 4.99 Å². The SMILES string of the molecule is CC1CN(c2ccc(CNC3=NCCCN3)cn2)CCO1. The number of rotatable bonds is 3. The highest BCUT2D eigenvalue weighted by Crippen LogP contribution is 2.15. The molecule has 0 bridgehead atoms. The van der Waals surface area contributed by atoms with E-state index in [1.165, 1.54) is 0 Å². The highest BCUT2D eigenvalue weighted by molar-refractivity contribution is 5.80. The first-order valence-corrected chi connectivity index (χ1v) is 7.65. The largest absolute Gasteiger partial charge is 0.375 e. The molecule has 0 aliphatic carbocycles. The fourth-order valence-electron chi connectivity index (χ4n) is 2.57. The van der Waals surface area contributed by atoms with Crippen LogP contribution in [0.25, 0.3) is 0 Å². The molecule has 114 valence electrons. The molecule has 0 aromatic carbocycles. The number of nitrogens with zero attached hydrogens (tertiary/aromatic N) is 3. The summed E-state index contributed by atoms with van der Waals surface area (Å²) in [5, 5.41) is 6.56. The van der Waals surface area contributed by atoms with Gasteiger partial charge in [0.15, 0.2) is 5.96 Å². The van der Waals surface area contributed by atoms with E-state index in [0.29, 0.717) is 0 Å². The maximum atomic E-state index is 5.56. The van der Waals surface area contributed by atoms with Crippen LogP contribution >= 0.6 is 0 Å². The molecule has 1 aromatic heterocycles. The van der Waals surface area contributed by atoms with Crippen molar-refractivity contribution in [1.29, 1.82) is 0 Å². The maximum absolute atomic E-state index is 5.56. The second-order valence-corrected chi connectivity index (χ2v) is 5.52. The summed E-state index contributed by atoms with van der Waals surface area (Å²) in [6.07, 6.45) is 3.32. The molecule has 1 saturated heterocycles. The second-order valence-electron chi connectivity index (χ2n) is 5.52. The Bertz CT molecular complexity index is 487. The van der Waals surface area contributed by atoms with Crippen molar-refractivity contribution < 1.29 is 4.74 Å². The number of morpholine rings is 1. The number of hydrogen-bond acceptors (Lipinski definition) is 6. The molecule has 6 nitrogen and oxygen atoms in total. The van der Waals surface area contributed by atoms with Gasteiger partial charge in [-0.1, -0.05) is 6.07 Å². The number of nitrogens with one attached hydrogen (secondary N) is 2. The van der Waals surface area contributed by atoms with Crippen LogP contribution < -0.4 is 15.5 Å². The molecular formula is C15H23N5O. The lowest BCUT2D eigenvalue weighted by molar-refractivity contribution is 0.0529. The van der Waals surface area contributed by atoms with Gasteiger partial charge in [0.1, 0.15) is 5.82 Å². The van der Waals surface area contributed by atoms with Crippen molar-refractivity contribution in [2.24, 2.45) is 4.99 Å². The zero-order chi connectivity index (χ0) is 14.5. The summed E-state index contributed by atoms with van der Waals surface area (Å²) in [7, 11) is 0. The van der Waals surface area contributed by atoms with E-state index in [-0.39, 0.29) is 6.10 Å². The van der Waals surface area contributed by atoms with E-state index in [9.17, 15) is 0 Å². The van der Waals surface area contributed by atoms with Crippen LogP contribution in [0, 0.1) is 0 Å². The second kappa shape index (κ2) is 6.76. The van der Waals surface area contributed by atoms with Gasteiger partial charge in [0, 0.05) is 38.9 Å². The Morgan fingerprint density at radius 1 is 1.48 bits per heavy atom. The van der Waals surface area contributed by atoms with Crippen LogP contribution in [-0.2, 0) is 11.3 Å². The van der Waals surface area contributed by atoms with Crippen LogP contribution in [0.4, 0.5) is 5.82 Å². The maximum Gasteiger partial charge on any atom is 0.191 e. The van der Waals surface area contributed by atoms with Crippen LogP contribution in [0.5, 0.6) is 0 Å². The lowest BCUT2D eigenvalue weighted by atomic mass is 10.2. The Hall–Kier alpha value is -1.82. The van der Waals surface area contributed by atoms with Crippen LogP contribution in [0.2, 0.25) is 0 Å². The molecule has 3 heterocycles. The lowest BCUT2D eigenvalue weighted by Crippen LogP contribution is -2.41. The average Bonchev–Trinajstić information content (AvgIpc) is 2.54. The van der Waals surface area contributed by atoms with Gasteiger partial charge in [0.2, 0.25) is 0 Å². The predicted octanol–water partition coefficient (Wildman–Crippen LogP) is 0.746. The van der Waals surface area contributed by atoms with E-state index in [1.807, 2.05) is 6.20 Å². The predicted molar refractivity (Wildman–Crippen MR) is 83.6 cm³/mol. The van der Waals surface area contributed by atoms with Crippen LogP contribution in [0.15, 0.2) is 23.3 Å². The number of hydrogen-bond donors (Lipinski definition) is 2. The van der Waals surface area contributed by atoms with Crippen molar-refractivity contribution in [3.05, 3.63) is 23.9 Å². The number of ether oxygens (including phenoxy) is 1. The van der Waals surface area contributed by atoms with Crippen molar-refractivity contribution in [3.63, 3.8) is 0 Å². The normalized spacial score (nSPS) is 22.4. The van der Waals surface area contributed by atoms with Crippen LogP contribution in [0.3, 0.4) is 0 Å². The van der Waals surface area contributed by atoms with Crippen molar-refractivity contribution in [2.75, 3.05) is 37.7 Å². The molecule has 0 radical (unpaired) electrons. The molecule has 1 fully saturated rings. The van der Waals surface area contributed by atoms with E-state index in [0.717, 1.165) is 63.1 Å². The molecule has 1 atom stereocenters. The molecule has 6 heteroatoms. The lowest BCUT2D eigenvalue weighted by Gasteiger charge is -2.32. The summed E-state index contributed by atoms with van der Waals surface area (Å²) in [4.78, 5) is 11.2. The van der Waals surface area contributed by atoms with Gasteiger partial charge in [-0.2, -0.15) is 0 Å². The Labute approximate surface area is 125 Å². The Morgan fingerprint density at radius 3 is 3.14 bits per heavy atom. The summed E-state index contributed by atoms with van der Waals surface area (Å²) in [6.45, 7) is 7.35. The van der Waals surface area contributed by atoms with Gasteiger partial charge in [0.05, 0.1) is 12.7 Å². The first-order valence-electron chi connectivity index (χ1n) is 7.65. The first kappa shape index (κ1) is 14.1. The molecule has 1 unspecified atom stereocenters. The summed E-state index contributed by atoms with van der Waals surface area (Å²) in [5.74, 6) is 1.93. The Kier molecular flexibility index (Phi) is 4.55. The highest BCUT2D eigenvalue weighted by atomic mass is 16.5. The monoisotopic (exact) mass is 289 g/mol. The van der Waals surface area contributed by atoms with Crippen molar-refractivity contribution in [1.82, 2.24) is 15.6 Å². The number of guanidine groups is 1. The first-order chi connectivity index (χ1) is 10.3. The molecule has 1 aromatic rings. The van der Waals surface area contributed by atoms with Gasteiger partial charge in [-0.15, -0.1) is 0 Å². The van der Waals surface area contributed by atoms with Gasteiger partial charge < -0.3 is 20.3 Å². The third kappa shape index (κ3) is 3.85. The van der Waals surface area contributed by atoms with Crippen LogP contribution in [-0.4, -0.2) is 49.8 Å². The number of aromatic nitrogens is 1. The van der Waals surface area contributed by atoms with Gasteiger partial charge in [0.25, 0.3) is 0 Å². The Balaban J connectivity index is 1.55. The number of anilines is 1. The molecule has 2 aliphatic rings. The van der Waals surface area contributed by atoms with E-state index in [2.05, 4.69) is 44.6 Å². The third-order valence-corrected chi connectivity index (χ3v) is 3.73. The fourth-order valence-corrected chi connectivity index (χ4v) is 2.57. The highest BCUT2D eigenvalue weighted by Gasteiger charge is 2.17. The molecule has 2 N–H and O–H groups in total. The smallest absolute Gasteiger partial charge is 0.191 e. The van der Waals surface area contributed by atoms with E-state index in [1.54, 1.807) is 0 Å². The molecule has 0 amide bonds. The van der Waals surface area contributed by atoms with Gasteiger partial charge in [-0.25, -0.2) is 4.98 Å². The minimum Gasteiger partial charge on any atom is -0.375 e. The van der Waals surface area contributed by atoms with Gasteiger partial charge in [-0.05, 0) is 25.0 Å². The van der Waals surface area contributed by atoms with E-state index < -0.39 is 0 Å². The molecule has 0 saturated carbocycles. The molecular weight excluding hydrogens is 266 g/mol. The fraction of sp³-hybridized carbons (Fsp3) is 0.600. The van der Waals surface area contributed by atoms with Crippen molar-refractivity contribution in [3.8, 4) is 0 Å². The van der Waals surface area contributed by atoms with Crippen LogP contribution in [0.1, 0.15) is 18.9 Å². The summed E-state index contributed by atoms with van der Waals surface area (Å²) < 4.78 is 5.56. The zero-order valence-electron chi connectivity index (χ0n) is 12.5. The Morgan fingerprint density at radius 2 is 2.43 bits per heavy atom. The molecule has 0 spiro atoms. The summed E-state index contributed by atoms with van der Waals surface area (Å²) in [6, 6.07) is 4.21. The minimum atomic E-state index is 0.275. The third-order valence-electron chi connectivity index (χ3n) is 3.73. The standard InChI is InChI=1S/C15H23N5O/c1-12-11-20(7-8-21-12)14-4-3-13(9-18-14)10-19-15-16-5-2-6-17-15/h3-4,9,12H,2,5-8,10-11H2,1H3,(H2,16,17,19). The quantitative estimate of drug-likeness (QED) is 0.859. The number of pyridine rings is 1. The molecule has 21 heavy (non-hydrogen) atoms. The van der Waals surface area contributed by atoms with Crippen molar-refractivity contribution >= 4 is 11.8 Å². The minimum absolute atomic E-state index is 0.275. The molecule has 2 aliphatic heterocycles. The summed E-state index contributed by atoms with van der Waals surface area (Å²) >= 11 is 0.